The quantitative estimate of drug-likeness (QED) is 0.695. The lowest BCUT2D eigenvalue weighted by atomic mass is 9.76. The average molecular weight is 376 g/mol. The molecule has 1 aromatic heterocycles. The van der Waals surface area contributed by atoms with Crippen LogP contribution >= 0.6 is 0 Å². The summed E-state index contributed by atoms with van der Waals surface area (Å²) in [6.45, 7) is 0. The molecule has 6 nitrogen and oxygen atoms in total. The fraction of sp³-hybridized carbons (Fsp3) is 0.364. The Morgan fingerprint density at radius 1 is 1.07 bits per heavy atom. The van der Waals surface area contributed by atoms with Crippen LogP contribution in [0.15, 0.2) is 59.3 Å². The van der Waals surface area contributed by atoms with Crippen molar-refractivity contribution in [2.75, 3.05) is 0 Å². The predicted molar refractivity (Wildman–Crippen MR) is 101 cm³/mol. The molecule has 1 saturated carbocycles. The van der Waals surface area contributed by atoms with E-state index in [1.54, 1.807) is 6.20 Å². The second kappa shape index (κ2) is 5.82. The Labute approximate surface area is 162 Å². The van der Waals surface area contributed by atoms with Crippen molar-refractivity contribution in [1.82, 2.24) is 10.1 Å². The summed E-state index contributed by atoms with van der Waals surface area (Å²) in [6, 6.07) is 16.1. The maximum atomic E-state index is 13.3. The van der Waals surface area contributed by atoms with E-state index < -0.39 is 5.60 Å². The minimum absolute atomic E-state index is 0.0603. The number of ether oxygens (including phenoxy) is 2. The Bertz CT molecular complexity index is 1040. The smallest absolute Gasteiger partial charge is 0.257 e. The van der Waals surface area contributed by atoms with Crippen molar-refractivity contribution >= 4 is 16.9 Å². The zero-order valence-corrected chi connectivity index (χ0v) is 15.3. The SMILES string of the molecule is O=C1N2[C@@H](CC[C@H]2c2ccccc2)OC12CC(Oc1cccc3cnoc13)C2. The lowest BCUT2D eigenvalue weighted by Gasteiger charge is -2.42. The molecule has 2 aliphatic heterocycles. The van der Waals surface area contributed by atoms with Crippen LogP contribution in [0.1, 0.15) is 37.3 Å². The highest BCUT2D eigenvalue weighted by atomic mass is 16.6. The van der Waals surface area contributed by atoms with E-state index in [9.17, 15) is 4.79 Å². The number of fused-ring (bicyclic) bond motifs is 2. The Hall–Kier alpha value is -2.86. The molecule has 1 spiro atoms. The summed E-state index contributed by atoms with van der Waals surface area (Å²) >= 11 is 0. The average Bonchev–Trinajstić information content (AvgIpc) is 3.38. The monoisotopic (exact) mass is 376 g/mol. The van der Waals surface area contributed by atoms with Gasteiger partial charge in [-0.3, -0.25) is 4.79 Å². The summed E-state index contributed by atoms with van der Waals surface area (Å²) in [5.74, 6) is 0.782. The molecule has 6 rings (SSSR count). The summed E-state index contributed by atoms with van der Waals surface area (Å²) in [5, 5.41) is 4.74. The first-order valence-electron chi connectivity index (χ1n) is 9.79. The highest BCUT2D eigenvalue weighted by Gasteiger charge is 2.63. The number of benzene rings is 2. The zero-order valence-electron chi connectivity index (χ0n) is 15.3. The number of nitrogens with zero attached hydrogens (tertiary/aromatic N) is 2. The van der Waals surface area contributed by atoms with Crippen molar-refractivity contribution in [2.24, 2.45) is 0 Å². The van der Waals surface area contributed by atoms with Crippen molar-refractivity contribution in [3.05, 3.63) is 60.3 Å². The van der Waals surface area contributed by atoms with Crippen LogP contribution in [0, 0.1) is 0 Å². The number of hydrogen-bond acceptors (Lipinski definition) is 5. The molecule has 0 radical (unpaired) electrons. The first-order chi connectivity index (χ1) is 13.7. The number of hydrogen-bond donors (Lipinski definition) is 0. The summed E-state index contributed by atoms with van der Waals surface area (Å²) in [5.41, 5.74) is 1.10. The van der Waals surface area contributed by atoms with E-state index in [0.717, 1.165) is 18.2 Å². The second-order valence-corrected chi connectivity index (χ2v) is 7.93. The van der Waals surface area contributed by atoms with Gasteiger partial charge in [0.2, 0.25) is 5.58 Å². The van der Waals surface area contributed by atoms with Gasteiger partial charge in [-0.1, -0.05) is 41.6 Å². The Morgan fingerprint density at radius 2 is 1.93 bits per heavy atom. The predicted octanol–water partition coefficient (Wildman–Crippen LogP) is 3.83. The number of rotatable bonds is 3. The number of carbonyl (C=O) groups excluding carboxylic acids is 1. The third-order valence-corrected chi connectivity index (χ3v) is 6.26. The van der Waals surface area contributed by atoms with Crippen molar-refractivity contribution in [3.8, 4) is 5.75 Å². The van der Waals surface area contributed by atoms with Gasteiger partial charge < -0.3 is 18.9 Å². The molecule has 2 atom stereocenters. The molecular weight excluding hydrogens is 356 g/mol. The van der Waals surface area contributed by atoms with Gasteiger partial charge in [0.25, 0.3) is 5.91 Å². The topological polar surface area (TPSA) is 64.8 Å². The van der Waals surface area contributed by atoms with Crippen molar-refractivity contribution in [3.63, 3.8) is 0 Å². The standard InChI is InChI=1S/C22H20N2O4/c25-21-22(27-19-10-9-17(24(19)21)14-5-2-1-3-6-14)11-16(12-22)26-18-8-4-7-15-13-23-28-20(15)18/h1-8,13,16-17,19H,9-12H2/t16?,17-,19+,22?/m0/s1. The molecule has 0 N–H and O–H groups in total. The second-order valence-electron chi connectivity index (χ2n) is 7.93. The third-order valence-electron chi connectivity index (χ3n) is 6.26. The molecule has 2 saturated heterocycles. The highest BCUT2D eigenvalue weighted by Crippen LogP contribution is 2.52. The highest BCUT2D eigenvalue weighted by molar-refractivity contribution is 5.89. The van der Waals surface area contributed by atoms with E-state index in [4.69, 9.17) is 14.0 Å². The number of amides is 1. The number of aromatic nitrogens is 1. The van der Waals surface area contributed by atoms with Gasteiger partial charge in [0.1, 0.15) is 12.3 Å². The van der Waals surface area contributed by atoms with Crippen LogP contribution in [0.4, 0.5) is 0 Å². The molecule has 3 heterocycles. The fourth-order valence-corrected chi connectivity index (χ4v) is 4.89. The van der Waals surface area contributed by atoms with Crippen LogP contribution in [0.2, 0.25) is 0 Å². The lowest BCUT2D eigenvalue weighted by molar-refractivity contribution is -0.162. The minimum Gasteiger partial charge on any atom is -0.486 e. The molecule has 2 aromatic carbocycles. The molecule has 3 aromatic rings. The minimum atomic E-state index is -0.724. The Balaban J connectivity index is 1.19. The van der Waals surface area contributed by atoms with E-state index in [2.05, 4.69) is 17.3 Å². The van der Waals surface area contributed by atoms with Gasteiger partial charge in [-0.25, -0.2) is 0 Å². The van der Waals surface area contributed by atoms with Crippen molar-refractivity contribution in [1.29, 1.82) is 0 Å². The molecule has 1 amide bonds. The van der Waals surface area contributed by atoms with E-state index in [-0.39, 0.29) is 24.3 Å². The Kier molecular flexibility index (Phi) is 3.35. The van der Waals surface area contributed by atoms with Gasteiger partial charge in [-0.05, 0) is 30.5 Å². The van der Waals surface area contributed by atoms with E-state index in [1.165, 1.54) is 5.56 Å². The van der Waals surface area contributed by atoms with Gasteiger partial charge in [0.05, 0.1) is 12.2 Å². The van der Waals surface area contributed by atoms with E-state index >= 15 is 0 Å². The normalized spacial score (nSPS) is 31.4. The van der Waals surface area contributed by atoms with Crippen molar-refractivity contribution < 1.29 is 18.8 Å². The summed E-state index contributed by atoms with van der Waals surface area (Å²) in [6.07, 6.45) is 4.48. The Morgan fingerprint density at radius 3 is 2.79 bits per heavy atom. The van der Waals surface area contributed by atoms with Crippen LogP contribution in [0.25, 0.3) is 11.0 Å². The molecule has 3 fully saturated rings. The van der Waals surface area contributed by atoms with Crippen molar-refractivity contribution in [2.45, 2.75) is 49.7 Å². The van der Waals surface area contributed by atoms with Crippen LogP contribution in [0.3, 0.4) is 0 Å². The van der Waals surface area contributed by atoms with Gasteiger partial charge in [0, 0.05) is 18.2 Å². The molecule has 3 aliphatic rings. The van der Waals surface area contributed by atoms with Crippen LogP contribution in [0.5, 0.6) is 5.75 Å². The van der Waals surface area contributed by atoms with Crippen LogP contribution in [-0.4, -0.2) is 33.9 Å². The van der Waals surface area contributed by atoms with Gasteiger partial charge in [0.15, 0.2) is 11.4 Å². The molecule has 1 aliphatic carbocycles. The summed E-state index contributed by atoms with van der Waals surface area (Å²) in [7, 11) is 0. The fourth-order valence-electron chi connectivity index (χ4n) is 4.89. The summed E-state index contributed by atoms with van der Waals surface area (Å²) < 4.78 is 17.7. The molecule has 6 heteroatoms. The number of carbonyl (C=O) groups is 1. The molecule has 0 bridgehead atoms. The van der Waals surface area contributed by atoms with E-state index in [1.807, 2.05) is 41.3 Å². The summed E-state index contributed by atoms with van der Waals surface area (Å²) in [4.78, 5) is 15.2. The maximum absolute atomic E-state index is 13.3. The zero-order chi connectivity index (χ0) is 18.7. The molecule has 142 valence electrons. The lowest BCUT2D eigenvalue weighted by Crippen LogP contribution is -2.56. The van der Waals surface area contributed by atoms with Gasteiger partial charge in [-0.2, -0.15) is 0 Å². The molecule has 28 heavy (non-hydrogen) atoms. The van der Waals surface area contributed by atoms with Gasteiger partial charge >= 0.3 is 0 Å². The first kappa shape index (κ1) is 16.1. The maximum Gasteiger partial charge on any atom is 0.257 e. The van der Waals surface area contributed by atoms with Crippen LogP contribution in [-0.2, 0) is 9.53 Å². The largest absolute Gasteiger partial charge is 0.486 e. The first-order valence-corrected chi connectivity index (χ1v) is 9.79. The van der Waals surface area contributed by atoms with Gasteiger partial charge in [-0.15, -0.1) is 0 Å². The third kappa shape index (κ3) is 2.24. The number of para-hydroxylation sites is 1. The molecule has 0 unspecified atom stereocenters. The molecular formula is C22H20N2O4. The van der Waals surface area contributed by atoms with E-state index in [0.29, 0.717) is 24.2 Å². The van der Waals surface area contributed by atoms with Crippen LogP contribution < -0.4 is 4.74 Å².